The number of nitrogens with zero attached hydrogens (tertiary/aromatic N) is 4. The van der Waals surface area contributed by atoms with Gasteiger partial charge in [0.05, 0.1) is 51.4 Å². The third kappa shape index (κ3) is 6.18. The standard InChI is InChI=1S/C60H38N4/c1-61-54-39-60(64-56-29-17-15-27-48(56)51-35-45(31-33-58(51)64)41-20-8-3-9-21-41)59(63-55-28-16-14-26-47(55)50-34-44(30-32-57(50)63)40-18-6-2-7-19-40)38-49(54)46-36-52(42-22-10-4-11-23-42)62-53(37-46)43-24-12-5-13-25-43/h2-39H. The fourth-order valence-corrected chi connectivity index (χ4v) is 9.53. The van der Waals surface area contributed by atoms with Crippen molar-refractivity contribution in [1.82, 2.24) is 14.1 Å². The first kappa shape index (κ1) is 37.0. The molecular formula is C60H38N4. The quantitative estimate of drug-likeness (QED) is 0.147. The van der Waals surface area contributed by atoms with Crippen LogP contribution in [0.3, 0.4) is 0 Å². The molecule has 0 radical (unpaired) electrons. The van der Waals surface area contributed by atoms with E-state index < -0.39 is 0 Å². The van der Waals surface area contributed by atoms with E-state index in [1.54, 1.807) is 0 Å². The molecule has 0 bridgehead atoms. The lowest BCUT2D eigenvalue weighted by Crippen LogP contribution is -2.04. The number of pyridine rings is 1. The number of aromatic nitrogens is 3. The Morgan fingerprint density at radius 1 is 0.312 bits per heavy atom. The predicted octanol–water partition coefficient (Wildman–Crippen LogP) is 16.2. The van der Waals surface area contributed by atoms with E-state index in [0.717, 1.165) is 99.8 Å². The fraction of sp³-hybridized carbons (Fsp3) is 0. The minimum absolute atomic E-state index is 0.557. The van der Waals surface area contributed by atoms with Gasteiger partial charge in [0.25, 0.3) is 0 Å². The number of para-hydroxylation sites is 2. The van der Waals surface area contributed by atoms with Crippen molar-refractivity contribution in [1.29, 1.82) is 0 Å². The van der Waals surface area contributed by atoms with Gasteiger partial charge in [-0.05, 0) is 94.0 Å². The summed E-state index contributed by atoms with van der Waals surface area (Å²) in [5.41, 5.74) is 16.9. The SMILES string of the molecule is [C-]#[N+]c1cc(-n2c3ccccc3c3cc(-c4ccccc4)ccc32)c(-n2c3ccccc3c3cc(-c4ccccc4)ccc32)cc1-c1cc(-c2ccccc2)nc(-c2ccccc2)c1. The molecule has 12 aromatic rings. The lowest BCUT2D eigenvalue weighted by molar-refractivity contribution is 1.10. The highest BCUT2D eigenvalue weighted by atomic mass is 15.1. The van der Waals surface area contributed by atoms with Gasteiger partial charge in [-0.1, -0.05) is 170 Å². The highest BCUT2D eigenvalue weighted by molar-refractivity contribution is 6.13. The van der Waals surface area contributed by atoms with Crippen LogP contribution in [0.1, 0.15) is 0 Å². The second-order valence-corrected chi connectivity index (χ2v) is 16.2. The van der Waals surface area contributed by atoms with Gasteiger partial charge in [-0.3, -0.25) is 0 Å². The van der Waals surface area contributed by atoms with E-state index in [1.807, 2.05) is 36.4 Å². The Hall–Kier alpha value is -8.78. The molecule has 3 heterocycles. The number of rotatable bonds is 7. The predicted molar refractivity (Wildman–Crippen MR) is 266 cm³/mol. The maximum absolute atomic E-state index is 8.85. The van der Waals surface area contributed by atoms with Crippen LogP contribution in [0.5, 0.6) is 0 Å². The van der Waals surface area contributed by atoms with Gasteiger partial charge in [0.15, 0.2) is 5.69 Å². The molecule has 64 heavy (non-hydrogen) atoms. The second-order valence-electron chi connectivity index (χ2n) is 16.2. The zero-order valence-corrected chi connectivity index (χ0v) is 34.7. The second kappa shape index (κ2) is 15.3. The zero-order valence-electron chi connectivity index (χ0n) is 34.7. The van der Waals surface area contributed by atoms with E-state index in [2.05, 4.69) is 208 Å². The van der Waals surface area contributed by atoms with Crippen LogP contribution in [0.2, 0.25) is 0 Å². The summed E-state index contributed by atoms with van der Waals surface area (Å²) in [6.45, 7) is 8.85. The van der Waals surface area contributed by atoms with Crippen molar-refractivity contribution < 1.29 is 0 Å². The Bertz CT molecular complexity index is 3710. The van der Waals surface area contributed by atoms with E-state index in [4.69, 9.17) is 11.6 Å². The molecule has 0 spiro atoms. The monoisotopic (exact) mass is 814 g/mol. The van der Waals surface area contributed by atoms with E-state index in [9.17, 15) is 0 Å². The normalized spacial score (nSPS) is 11.4. The highest BCUT2D eigenvalue weighted by Gasteiger charge is 2.23. The van der Waals surface area contributed by atoms with E-state index >= 15 is 0 Å². The summed E-state index contributed by atoms with van der Waals surface area (Å²) in [6, 6.07) is 81.3. The van der Waals surface area contributed by atoms with Gasteiger partial charge in [0, 0.05) is 32.7 Å². The first-order valence-corrected chi connectivity index (χ1v) is 21.6. The maximum atomic E-state index is 8.85. The van der Waals surface area contributed by atoms with Crippen molar-refractivity contribution in [2.45, 2.75) is 0 Å². The Balaban J connectivity index is 1.19. The zero-order chi connectivity index (χ0) is 42.6. The van der Waals surface area contributed by atoms with E-state index in [0.29, 0.717) is 5.69 Å². The van der Waals surface area contributed by atoms with Crippen molar-refractivity contribution in [2.75, 3.05) is 0 Å². The molecule has 0 aliphatic rings. The Morgan fingerprint density at radius 3 is 1.16 bits per heavy atom. The van der Waals surface area contributed by atoms with Crippen LogP contribution < -0.4 is 0 Å². The lowest BCUT2D eigenvalue weighted by atomic mass is 9.97. The van der Waals surface area contributed by atoms with Gasteiger partial charge in [0.2, 0.25) is 0 Å². The maximum Gasteiger partial charge on any atom is 0.197 e. The first-order valence-electron chi connectivity index (χ1n) is 21.6. The first-order chi connectivity index (χ1) is 31.7. The molecule has 0 fully saturated rings. The molecular weight excluding hydrogens is 777 g/mol. The van der Waals surface area contributed by atoms with Crippen LogP contribution >= 0.6 is 0 Å². The van der Waals surface area contributed by atoms with Gasteiger partial charge < -0.3 is 9.13 Å². The Kier molecular flexibility index (Phi) is 8.84. The lowest BCUT2D eigenvalue weighted by Gasteiger charge is -2.20. The van der Waals surface area contributed by atoms with Gasteiger partial charge in [-0.2, -0.15) is 0 Å². The summed E-state index contributed by atoms with van der Waals surface area (Å²) in [6.07, 6.45) is 0. The largest absolute Gasteiger partial charge is 0.308 e. The molecule has 0 amide bonds. The van der Waals surface area contributed by atoms with E-state index in [1.165, 1.54) is 11.1 Å². The third-order valence-corrected chi connectivity index (χ3v) is 12.5. The fourth-order valence-electron chi connectivity index (χ4n) is 9.53. The Labute approximate surface area is 371 Å². The molecule has 0 atom stereocenters. The van der Waals surface area contributed by atoms with Crippen molar-refractivity contribution in [3.05, 3.63) is 242 Å². The van der Waals surface area contributed by atoms with Crippen LogP contribution in [0.4, 0.5) is 5.69 Å². The molecule has 0 saturated heterocycles. The van der Waals surface area contributed by atoms with Crippen molar-refractivity contribution in [2.24, 2.45) is 0 Å². The minimum atomic E-state index is 0.557. The van der Waals surface area contributed by atoms with Gasteiger partial charge in [-0.25, -0.2) is 9.83 Å². The van der Waals surface area contributed by atoms with Crippen molar-refractivity contribution >= 4 is 49.3 Å². The van der Waals surface area contributed by atoms with Gasteiger partial charge in [-0.15, -0.1) is 0 Å². The third-order valence-electron chi connectivity index (χ3n) is 12.5. The van der Waals surface area contributed by atoms with Crippen molar-refractivity contribution in [3.63, 3.8) is 0 Å². The molecule has 0 aliphatic heterocycles. The number of hydrogen-bond acceptors (Lipinski definition) is 1. The molecule has 298 valence electrons. The smallest absolute Gasteiger partial charge is 0.197 e. The minimum Gasteiger partial charge on any atom is -0.308 e. The van der Waals surface area contributed by atoms with Crippen LogP contribution in [0, 0.1) is 6.57 Å². The molecule has 4 heteroatoms. The molecule has 3 aromatic heterocycles. The van der Waals surface area contributed by atoms with Crippen LogP contribution in [0.15, 0.2) is 231 Å². The topological polar surface area (TPSA) is 27.1 Å². The van der Waals surface area contributed by atoms with Crippen molar-refractivity contribution in [3.8, 4) is 67.3 Å². The Morgan fingerprint density at radius 2 is 0.703 bits per heavy atom. The van der Waals surface area contributed by atoms with Crippen LogP contribution in [-0.2, 0) is 0 Å². The van der Waals surface area contributed by atoms with Gasteiger partial charge in [0.1, 0.15) is 0 Å². The van der Waals surface area contributed by atoms with E-state index in [-0.39, 0.29) is 0 Å². The average Bonchev–Trinajstić information content (AvgIpc) is 3.89. The molecule has 0 saturated carbocycles. The number of hydrogen-bond donors (Lipinski definition) is 0. The van der Waals surface area contributed by atoms with Crippen LogP contribution in [-0.4, -0.2) is 14.1 Å². The summed E-state index contributed by atoms with van der Waals surface area (Å²) in [5.74, 6) is 0. The average molecular weight is 815 g/mol. The van der Waals surface area contributed by atoms with Crippen LogP contribution in [0.25, 0.3) is 116 Å². The molecule has 4 nitrogen and oxygen atoms in total. The summed E-state index contributed by atoms with van der Waals surface area (Å²) >= 11 is 0. The number of benzene rings is 9. The van der Waals surface area contributed by atoms with Gasteiger partial charge >= 0.3 is 0 Å². The number of fused-ring (bicyclic) bond motifs is 6. The molecule has 0 unspecified atom stereocenters. The molecule has 0 N–H and O–H groups in total. The highest BCUT2D eigenvalue weighted by Crippen LogP contribution is 2.45. The summed E-state index contributed by atoms with van der Waals surface area (Å²) < 4.78 is 4.77. The summed E-state index contributed by atoms with van der Waals surface area (Å²) in [4.78, 5) is 9.55. The molecule has 9 aromatic carbocycles. The molecule has 0 aliphatic carbocycles. The summed E-state index contributed by atoms with van der Waals surface area (Å²) in [5, 5.41) is 4.63. The summed E-state index contributed by atoms with van der Waals surface area (Å²) in [7, 11) is 0. The molecule has 12 rings (SSSR count).